The minimum absolute atomic E-state index is 0.105. The van der Waals surface area contributed by atoms with Crippen molar-refractivity contribution in [2.75, 3.05) is 7.11 Å². The lowest BCUT2D eigenvalue weighted by Crippen LogP contribution is -2.22. The molecule has 0 spiro atoms. The van der Waals surface area contributed by atoms with E-state index < -0.39 is 0 Å². The molecule has 2 nitrogen and oxygen atoms in total. The average molecular weight is 324 g/mol. The van der Waals surface area contributed by atoms with Gasteiger partial charge in [0.1, 0.15) is 5.75 Å². The van der Waals surface area contributed by atoms with E-state index in [1.165, 1.54) is 5.56 Å². The van der Waals surface area contributed by atoms with Crippen molar-refractivity contribution in [2.24, 2.45) is 0 Å². The maximum absolute atomic E-state index is 6.24. The predicted molar refractivity (Wildman–Crippen MR) is 89.4 cm³/mol. The summed E-state index contributed by atoms with van der Waals surface area (Å²) in [5, 5.41) is 4.95. The first-order chi connectivity index (χ1) is 10.0. The minimum Gasteiger partial charge on any atom is -0.497 e. The van der Waals surface area contributed by atoms with Crippen molar-refractivity contribution in [3.05, 3.63) is 63.6 Å². The molecule has 112 valence electrons. The van der Waals surface area contributed by atoms with Gasteiger partial charge in [-0.05, 0) is 55.3 Å². The first-order valence-electron chi connectivity index (χ1n) is 6.86. The van der Waals surface area contributed by atoms with Crippen molar-refractivity contribution in [3.8, 4) is 5.75 Å². The van der Waals surface area contributed by atoms with E-state index in [1.807, 2.05) is 24.3 Å². The van der Waals surface area contributed by atoms with Crippen LogP contribution in [0.2, 0.25) is 10.0 Å². The molecule has 0 fully saturated rings. The Morgan fingerprint density at radius 1 is 0.952 bits per heavy atom. The van der Waals surface area contributed by atoms with Gasteiger partial charge in [0.15, 0.2) is 0 Å². The van der Waals surface area contributed by atoms with Crippen LogP contribution in [0, 0.1) is 0 Å². The normalized spacial score (nSPS) is 13.8. The highest BCUT2D eigenvalue weighted by Gasteiger charge is 2.14. The number of ether oxygens (including phenoxy) is 1. The molecule has 21 heavy (non-hydrogen) atoms. The largest absolute Gasteiger partial charge is 0.497 e. The quantitative estimate of drug-likeness (QED) is 0.793. The van der Waals surface area contributed by atoms with Gasteiger partial charge < -0.3 is 10.1 Å². The predicted octanol–water partition coefficient (Wildman–Crippen LogP) is 5.41. The zero-order chi connectivity index (χ0) is 15.4. The van der Waals surface area contributed by atoms with Crippen molar-refractivity contribution in [2.45, 2.75) is 25.9 Å². The van der Waals surface area contributed by atoms with Crippen LogP contribution in [-0.2, 0) is 0 Å². The maximum atomic E-state index is 6.24. The fourth-order valence-corrected chi connectivity index (χ4v) is 2.76. The molecule has 1 N–H and O–H groups in total. The van der Waals surface area contributed by atoms with Crippen molar-refractivity contribution in [1.82, 2.24) is 5.32 Å². The molecule has 0 radical (unpaired) electrons. The maximum Gasteiger partial charge on any atom is 0.118 e. The molecule has 0 aliphatic heterocycles. The second kappa shape index (κ2) is 7.17. The van der Waals surface area contributed by atoms with Gasteiger partial charge in [0.05, 0.1) is 7.11 Å². The zero-order valence-corrected chi connectivity index (χ0v) is 13.9. The summed E-state index contributed by atoms with van der Waals surface area (Å²) in [6.45, 7) is 4.20. The lowest BCUT2D eigenvalue weighted by molar-refractivity contribution is 0.414. The van der Waals surface area contributed by atoms with E-state index in [1.54, 1.807) is 13.2 Å². The number of rotatable bonds is 5. The fourth-order valence-electron chi connectivity index (χ4n) is 2.30. The standard InChI is InChI=1S/C17H19Cl2NO/c1-11(13-4-7-15(21-3)8-5-13)20-12(2)16-10-14(18)6-9-17(16)19/h4-12,20H,1-3H3/t11-,12?/m0/s1. The van der Waals surface area contributed by atoms with Gasteiger partial charge in [-0.25, -0.2) is 0 Å². The molecule has 0 saturated carbocycles. The van der Waals surface area contributed by atoms with Crippen LogP contribution in [0.25, 0.3) is 0 Å². The smallest absolute Gasteiger partial charge is 0.118 e. The monoisotopic (exact) mass is 323 g/mol. The number of benzene rings is 2. The van der Waals surface area contributed by atoms with Crippen molar-refractivity contribution < 1.29 is 4.74 Å². The highest BCUT2D eigenvalue weighted by molar-refractivity contribution is 6.33. The van der Waals surface area contributed by atoms with E-state index in [-0.39, 0.29) is 12.1 Å². The molecule has 0 aromatic heterocycles. The second-order valence-corrected chi connectivity index (χ2v) is 5.89. The number of halogens is 2. The third-order valence-electron chi connectivity index (χ3n) is 3.54. The van der Waals surface area contributed by atoms with Crippen LogP contribution in [0.4, 0.5) is 0 Å². The van der Waals surface area contributed by atoms with Gasteiger partial charge in [-0.3, -0.25) is 0 Å². The summed E-state index contributed by atoms with van der Waals surface area (Å²) in [6.07, 6.45) is 0. The van der Waals surface area contributed by atoms with Crippen molar-refractivity contribution in [1.29, 1.82) is 0 Å². The first-order valence-corrected chi connectivity index (χ1v) is 7.62. The van der Waals surface area contributed by atoms with Crippen molar-refractivity contribution >= 4 is 23.2 Å². The van der Waals surface area contributed by atoms with Crippen LogP contribution >= 0.6 is 23.2 Å². The van der Waals surface area contributed by atoms with Crippen LogP contribution < -0.4 is 10.1 Å². The minimum atomic E-state index is 0.105. The van der Waals surface area contributed by atoms with E-state index >= 15 is 0 Å². The topological polar surface area (TPSA) is 21.3 Å². The molecule has 4 heteroatoms. The number of hydrogen-bond donors (Lipinski definition) is 1. The van der Waals surface area contributed by atoms with E-state index in [2.05, 4.69) is 31.3 Å². The Morgan fingerprint density at radius 2 is 1.62 bits per heavy atom. The van der Waals surface area contributed by atoms with E-state index in [4.69, 9.17) is 27.9 Å². The summed E-state index contributed by atoms with van der Waals surface area (Å²) in [6, 6.07) is 13.9. The van der Waals surface area contributed by atoms with E-state index in [9.17, 15) is 0 Å². The number of nitrogens with one attached hydrogen (secondary N) is 1. The lowest BCUT2D eigenvalue weighted by atomic mass is 10.0. The average Bonchev–Trinajstić information content (AvgIpc) is 2.49. The highest BCUT2D eigenvalue weighted by atomic mass is 35.5. The Balaban J connectivity index is 2.10. The Morgan fingerprint density at radius 3 is 2.24 bits per heavy atom. The molecule has 1 unspecified atom stereocenters. The summed E-state index contributed by atoms with van der Waals surface area (Å²) in [4.78, 5) is 0. The summed E-state index contributed by atoms with van der Waals surface area (Å²) in [5.41, 5.74) is 2.20. The van der Waals surface area contributed by atoms with Gasteiger partial charge in [0.25, 0.3) is 0 Å². The Bertz CT molecular complexity index is 598. The van der Waals surface area contributed by atoms with Gasteiger partial charge in [0, 0.05) is 22.1 Å². The van der Waals surface area contributed by atoms with E-state index in [0.29, 0.717) is 5.02 Å². The second-order valence-electron chi connectivity index (χ2n) is 5.05. The summed E-state index contributed by atoms with van der Waals surface area (Å²) < 4.78 is 5.18. The number of methoxy groups -OCH3 is 1. The molecule has 0 bridgehead atoms. The molecule has 2 atom stereocenters. The lowest BCUT2D eigenvalue weighted by Gasteiger charge is -2.22. The highest BCUT2D eigenvalue weighted by Crippen LogP contribution is 2.28. The van der Waals surface area contributed by atoms with Gasteiger partial charge in [0.2, 0.25) is 0 Å². The van der Waals surface area contributed by atoms with Crippen LogP contribution in [0.1, 0.15) is 37.1 Å². The van der Waals surface area contributed by atoms with Gasteiger partial charge in [-0.15, -0.1) is 0 Å². The molecule has 2 rings (SSSR count). The van der Waals surface area contributed by atoms with Gasteiger partial charge in [-0.2, -0.15) is 0 Å². The molecular weight excluding hydrogens is 305 g/mol. The zero-order valence-electron chi connectivity index (χ0n) is 12.4. The summed E-state index contributed by atoms with van der Waals surface area (Å²) in [7, 11) is 1.67. The molecule has 0 aliphatic carbocycles. The Labute approximate surface area is 136 Å². The molecule has 0 saturated heterocycles. The molecule has 2 aromatic carbocycles. The Kier molecular flexibility index (Phi) is 5.51. The molecule has 0 heterocycles. The SMILES string of the molecule is COc1ccc([C@H](C)NC(C)c2cc(Cl)ccc2Cl)cc1. The van der Waals surface area contributed by atoms with E-state index in [0.717, 1.165) is 16.3 Å². The van der Waals surface area contributed by atoms with Crippen LogP contribution in [0.3, 0.4) is 0 Å². The van der Waals surface area contributed by atoms with Crippen molar-refractivity contribution in [3.63, 3.8) is 0 Å². The first kappa shape index (κ1) is 16.2. The summed E-state index contributed by atoms with van der Waals surface area (Å²) in [5.74, 6) is 0.858. The summed E-state index contributed by atoms with van der Waals surface area (Å²) >= 11 is 12.3. The van der Waals surface area contributed by atoms with Gasteiger partial charge >= 0.3 is 0 Å². The van der Waals surface area contributed by atoms with Gasteiger partial charge in [-0.1, -0.05) is 35.3 Å². The number of hydrogen-bond acceptors (Lipinski definition) is 2. The molecule has 0 amide bonds. The third kappa shape index (κ3) is 4.13. The molecule has 0 aliphatic rings. The molecular formula is C17H19Cl2NO. The van der Waals surface area contributed by atoms with Crippen LogP contribution in [0.5, 0.6) is 5.75 Å². The fraction of sp³-hybridized carbons (Fsp3) is 0.294. The Hall–Kier alpha value is -1.22. The third-order valence-corrected chi connectivity index (χ3v) is 4.12. The van der Waals surface area contributed by atoms with Crippen LogP contribution in [-0.4, -0.2) is 7.11 Å². The van der Waals surface area contributed by atoms with Crippen LogP contribution in [0.15, 0.2) is 42.5 Å². The molecule has 2 aromatic rings.